The molecule has 1 aliphatic carbocycles. The number of aryl methyl sites for hydroxylation is 2. The maximum Gasteiger partial charge on any atom is 0.255 e. The second-order valence-electron chi connectivity index (χ2n) is 8.06. The molecule has 1 atom stereocenters. The van der Waals surface area contributed by atoms with Crippen LogP contribution >= 0.6 is 0 Å². The van der Waals surface area contributed by atoms with Gasteiger partial charge < -0.3 is 15.5 Å². The SMILES string of the molecule is O=C(Nc1ccc2c(c1)CCC2)c1ccnc(N2CCNC(c3ccccc3)C2)c1. The fraction of sp³-hybridized carbons (Fsp3) is 0.280. The summed E-state index contributed by atoms with van der Waals surface area (Å²) in [5.74, 6) is 0.755. The van der Waals surface area contributed by atoms with Gasteiger partial charge in [0.1, 0.15) is 5.82 Å². The van der Waals surface area contributed by atoms with Crippen molar-refractivity contribution >= 4 is 17.4 Å². The summed E-state index contributed by atoms with van der Waals surface area (Å²) in [6, 6.07) is 20.7. The van der Waals surface area contributed by atoms with Gasteiger partial charge >= 0.3 is 0 Å². The van der Waals surface area contributed by atoms with Crippen LogP contribution in [-0.4, -0.2) is 30.5 Å². The molecule has 1 unspecified atom stereocenters. The number of pyridine rings is 1. The summed E-state index contributed by atoms with van der Waals surface area (Å²) in [5.41, 5.74) is 5.54. The van der Waals surface area contributed by atoms with E-state index < -0.39 is 0 Å². The first kappa shape index (κ1) is 18.8. The third-order valence-corrected chi connectivity index (χ3v) is 6.07. The monoisotopic (exact) mass is 398 g/mol. The molecule has 5 rings (SSSR count). The van der Waals surface area contributed by atoms with Gasteiger partial charge in [0, 0.05) is 43.1 Å². The van der Waals surface area contributed by atoms with E-state index in [0.717, 1.165) is 44.0 Å². The number of nitrogens with zero attached hydrogens (tertiary/aromatic N) is 2. The summed E-state index contributed by atoms with van der Waals surface area (Å²) >= 11 is 0. The molecule has 1 aliphatic heterocycles. The number of rotatable bonds is 4. The third kappa shape index (κ3) is 3.94. The molecule has 2 aliphatic rings. The Morgan fingerprint density at radius 2 is 1.90 bits per heavy atom. The van der Waals surface area contributed by atoms with Crippen molar-refractivity contribution in [1.29, 1.82) is 0 Å². The number of nitrogens with one attached hydrogen (secondary N) is 2. The van der Waals surface area contributed by atoms with Crippen LogP contribution in [0.4, 0.5) is 11.5 Å². The van der Waals surface area contributed by atoms with Gasteiger partial charge in [-0.2, -0.15) is 0 Å². The molecule has 30 heavy (non-hydrogen) atoms. The van der Waals surface area contributed by atoms with Gasteiger partial charge in [0.15, 0.2) is 0 Å². The molecule has 1 saturated heterocycles. The Hall–Kier alpha value is -3.18. The predicted molar refractivity (Wildman–Crippen MR) is 120 cm³/mol. The highest BCUT2D eigenvalue weighted by Gasteiger charge is 2.22. The van der Waals surface area contributed by atoms with Crippen LogP contribution in [0.3, 0.4) is 0 Å². The van der Waals surface area contributed by atoms with Gasteiger partial charge in [0.2, 0.25) is 0 Å². The Morgan fingerprint density at radius 3 is 2.80 bits per heavy atom. The number of anilines is 2. The Balaban J connectivity index is 1.30. The molecule has 5 heteroatoms. The van der Waals surface area contributed by atoms with E-state index in [1.807, 2.05) is 18.2 Å². The minimum atomic E-state index is -0.0914. The summed E-state index contributed by atoms with van der Waals surface area (Å²) < 4.78 is 0. The molecule has 0 radical (unpaired) electrons. The van der Waals surface area contributed by atoms with Crippen LogP contribution in [0.25, 0.3) is 0 Å². The first-order valence-corrected chi connectivity index (χ1v) is 10.7. The zero-order valence-electron chi connectivity index (χ0n) is 17.0. The van der Waals surface area contributed by atoms with Crippen LogP contribution in [0, 0.1) is 0 Å². The molecule has 2 N–H and O–H groups in total. The predicted octanol–water partition coefficient (Wildman–Crippen LogP) is 3.97. The minimum Gasteiger partial charge on any atom is -0.353 e. The van der Waals surface area contributed by atoms with Crippen LogP contribution < -0.4 is 15.5 Å². The highest BCUT2D eigenvalue weighted by molar-refractivity contribution is 6.04. The molecule has 1 fully saturated rings. The lowest BCUT2D eigenvalue weighted by molar-refractivity contribution is 0.102. The van der Waals surface area contributed by atoms with Crippen molar-refractivity contribution < 1.29 is 4.79 Å². The van der Waals surface area contributed by atoms with E-state index in [4.69, 9.17) is 0 Å². The number of carbonyl (C=O) groups excluding carboxylic acids is 1. The van der Waals surface area contributed by atoms with E-state index in [1.54, 1.807) is 12.3 Å². The molecule has 0 spiro atoms. The van der Waals surface area contributed by atoms with Crippen LogP contribution in [0.2, 0.25) is 0 Å². The third-order valence-electron chi connectivity index (χ3n) is 6.07. The maximum absolute atomic E-state index is 12.9. The largest absolute Gasteiger partial charge is 0.353 e. The lowest BCUT2D eigenvalue weighted by Gasteiger charge is -2.34. The minimum absolute atomic E-state index is 0.0914. The topological polar surface area (TPSA) is 57.3 Å². The Bertz CT molecular complexity index is 1050. The molecule has 0 saturated carbocycles. The van der Waals surface area contributed by atoms with E-state index in [1.165, 1.54) is 23.1 Å². The summed E-state index contributed by atoms with van der Waals surface area (Å²) in [6.07, 6.45) is 5.18. The molecule has 0 bridgehead atoms. The normalized spacial score (nSPS) is 18.1. The quantitative estimate of drug-likeness (QED) is 0.698. The van der Waals surface area contributed by atoms with E-state index in [2.05, 4.69) is 56.9 Å². The second kappa shape index (κ2) is 8.28. The van der Waals surface area contributed by atoms with Crippen LogP contribution in [0.15, 0.2) is 66.9 Å². The second-order valence-corrected chi connectivity index (χ2v) is 8.06. The summed E-state index contributed by atoms with van der Waals surface area (Å²) in [6.45, 7) is 2.58. The van der Waals surface area contributed by atoms with Crippen LogP contribution in [-0.2, 0) is 12.8 Å². The molecular formula is C25H26N4O. The number of piperazine rings is 1. The van der Waals surface area contributed by atoms with Crippen LogP contribution in [0.5, 0.6) is 0 Å². The first-order chi connectivity index (χ1) is 14.8. The zero-order chi connectivity index (χ0) is 20.3. The molecule has 152 valence electrons. The van der Waals surface area contributed by atoms with E-state index >= 15 is 0 Å². The van der Waals surface area contributed by atoms with Gasteiger partial charge in [-0.05, 0) is 60.2 Å². The van der Waals surface area contributed by atoms with Crippen molar-refractivity contribution in [3.05, 3.63) is 89.1 Å². The average molecular weight is 399 g/mol. The molecule has 3 aromatic rings. The molecule has 2 aromatic carbocycles. The number of benzene rings is 2. The summed E-state index contributed by atoms with van der Waals surface area (Å²) in [5, 5.41) is 6.63. The van der Waals surface area contributed by atoms with Crippen molar-refractivity contribution in [2.75, 3.05) is 29.9 Å². The van der Waals surface area contributed by atoms with E-state index in [-0.39, 0.29) is 11.9 Å². The van der Waals surface area contributed by atoms with Crippen molar-refractivity contribution in [3.8, 4) is 0 Å². The van der Waals surface area contributed by atoms with Crippen LogP contribution in [0.1, 0.15) is 39.5 Å². The maximum atomic E-state index is 12.9. The summed E-state index contributed by atoms with van der Waals surface area (Å²) in [7, 11) is 0. The summed E-state index contributed by atoms with van der Waals surface area (Å²) in [4.78, 5) is 19.7. The fourth-order valence-electron chi connectivity index (χ4n) is 4.45. The number of carbonyl (C=O) groups is 1. The number of hydrogen-bond acceptors (Lipinski definition) is 4. The number of amides is 1. The standard InChI is InChI=1S/C25H26N4O/c30-25(28-22-10-9-18-7-4-8-20(18)15-22)21-11-12-27-24(16-21)29-14-13-26-23(17-29)19-5-2-1-3-6-19/h1-3,5-6,9-12,15-16,23,26H,4,7-8,13-14,17H2,(H,28,30). The van der Waals surface area contributed by atoms with Crippen molar-refractivity contribution in [3.63, 3.8) is 0 Å². The van der Waals surface area contributed by atoms with Crippen molar-refractivity contribution in [2.45, 2.75) is 25.3 Å². The lowest BCUT2D eigenvalue weighted by Crippen LogP contribution is -2.46. The fourth-order valence-corrected chi connectivity index (χ4v) is 4.45. The molecular weight excluding hydrogens is 372 g/mol. The number of fused-ring (bicyclic) bond motifs is 1. The van der Waals surface area contributed by atoms with E-state index in [9.17, 15) is 4.79 Å². The first-order valence-electron chi connectivity index (χ1n) is 10.7. The van der Waals surface area contributed by atoms with Gasteiger partial charge in [0.25, 0.3) is 5.91 Å². The molecule has 2 heterocycles. The van der Waals surface area contributed by atoms with E-state index in [0.29, 0.717) is 5.56 Å². The van der Waals surface area contributed by atoms with Crippen molar-refractivity contribution in [1.82, 2.24) is 10.3 Å². The average Bonchev–Trinajstić information content (AvgIpc) is 3.28. The Labute approximate surface area is 177 Å². The van der Waals surface area contributed by atoms with Gasteiger partial charge in [-0.3, -0.25) is 4.79 Å². The van der Waals surface area contributed by atoms with Gasteiger partial charge in [-0.25, -0.2) is 4.98 Å². The smallest absolute Gasteiger partial charge is 0.255 e. The van der Waals surface area contributed by atoms with Gasteiger partial charge in [-0.15, -0.1) is 0 Å². The lowest BCUT2D eigenvalue weighted by atomic mass is 10.0. The highest BCUT2D eigenvalue weighted by atomic mass is 16.1. The number of aromatic nitrogens is 1. The molecule has 1 amide bonds. The van der Waals surface area contributed by atoms with Crippen molar-refractivity contribution in [2.24, 2.45) is 0 Å². The molecule has 1 aromatic heterocycles. The Morgan fingerprint density at radius 1 is 1.03 bits per heavy atom. The molecule has 5 nitrogen and oxygen atoms in total. The van der Waals surface area contributed by atoms with Gasteiger partial charge in [0.05, 0.1) is 0 Å². The highest BCUT2D eigenvalue weighted by Crippen LogP contribution is 2.26. The Kier molecular flexibility index (Phi) is 5.20. The zero-order valence-corrected chi connectivity index (χ0v) is 17.0. The van der Waals surface area contributed by atoms with Gasteiger partial charge in [-0.1, -0.05) is 36.4 Å². The number of hydrogen-bond donors (Lipinski definition) is 2.